The third-order valence-corrected chi connectivity index (χ3v) is 3.75. The quantitative estimate of drug-likeness (QED) is 0.648. The largest absolute Gasteiger partial charge is 0.352 e. The van der Waals surface area contributed by atoms with Gasteiger partial charge in [-0.2, -0.15) is 0 Å². The molecule has 1 aromatic carbocycles. The van der Waals surface area contributed by atoms with Gasteiger partial charge in [0.15, 0.2) is 0 Å². The van der Waals surface area contributed by atoms with Gasteiger partial charge in [0.25, 0.3) is 5.91 Å². The van der Waals surface area contributed by atoms with Crippen LogP contribution in [-0.4, -0.2) is 32.0 Å². The number of carbonyl (C=O) groups is 1. The summed E-state index contributed by atoms with van der Waals surface area (Å²) in [5.74, 6) is 1.52. The van der Waals surface area contributed by atoms with Gasteiger partial charge in [-0.3, -0.25) is 9.78 Å². The first-order valence-corrected chi connectivity index (χ1v) is 8.11. The molecule has 3 aromatic rings. The van der Waals surface area contributed by atoms with E-state index < -0.39 is 0 Å². The first-order valence-electron chi connectivity index (χ1n) is 8.11. The van der Waals surface area contributed by atoms with Crippen molar-refractivity contribution in [1.82, 2.24) is 24.8 Å². The summed E-state index contributed by atoms with van der Waals surface area (Å²) in [4.78, 5) is 24.6. The number of hydrogen-bond acceptors (Lipinski definition) is 5. The van der Waals surface area contributed by atoms with Gasteiger partial charge in [0, 0.05) is 49.1 Å². The molecule has 128 valence electrons. The predicted octanol–water partition coefficient (Wildman–Crippen LogP) is 2.55. The normalized spacial score (nSPS) is 10.4. The molecule has 7 heteroatoms. The van der Waals surface area contributed by atoms with E-state index in [2.05, 4.69) is 30.2 Å². The molecule has 1 amide bonds. The van der Waals surface area contributed by atoms with Crippen LogP contribution in [0.25, 0.3) is 0 Å². The molecule has 0 saturated carbocycles. The van der Waals surface area contributed by atoms with Crippen LogP contribution in [0, 0.1) is 6.92 Å². The molecule has 0 radical (unpaired) electrons. The first-order chi connectivity index (χ1) is 12.2. The molecule has 0 aliphatic heterocycles. The van der Waals surface area contributed by atoms with Crippen molar-refractivity contribution in [3.8, 4) is 0 Å². The maximum atomic E-state index is 12.3. The van der Waals surface area contributed by atoms with Gasteiger partial charge in [0.05, 0.1) is 6.20 Å². The molecule has 0 spiro atoms. The van der Waals surface area contributed by atoms with E-state index in [0.29, 0.717) is 17.9 Å². The fourth-order valence-corrected chi connectivity index (χ4v) is 2.44. The Hall–Kier alpha value is -3.22. The Bertz CT molecular complexity index is 830. The molecule has 0 aliphatic carbocycles. The highest BCUT2D eigenvalue weighted by atomic mass is 16.1. The van der Waals surface area contributed by atoms with Crippen LogP contribution in [0.4, 0.5) is 11.5 Å². The van der Waals surface area contributed by atoms with Gasteiger partial charge in [-0.25, -0.2) is 9.97 Å². The van der Waals surface area contributed by atoms with Crippen LogP contribution in [-0.2, 0) is 6.54 Å². The standard InChI is InChI=1S/C18H20N6O/c1-14-20-9-11-24(14)10-3-6-22-18(25)15-4-2-5-16(12-15)23-17-13-19-7-8-21-17/h2,4-5,7-9,11-13H,3,6,10H2,1H3,(H,21,23)(H,22,25). The average molecular weight is 336 g/mol. The molecule has 0 atom stereocenters. The summed E-state index contributed by atoms with van der Waals surface area (Å²) >= 11 is 0. The number of amides is 1. The Kier molecular flexibility index (Phi) is 5.36. The van der Waals surface area contributed by atoms with E-state index in [1.54, 1.807) is 36.9 Å². The van der Waals surface area contributed by atoms with Crippen LogP contribution in [0.5, 0.6) is 0 Å². The fourth-order valence-electron chi connectivity index (χ4n) is 2.44. The number of aromatic nitrogens is 4. The van der Waals surface area contributed by atoms with E-state index in [0.717, 1.165) is 24.5 Å². The van der Waals surface area contributed by atoms with Crippen molar-refractivity contribution >= 4 is 17.4 Å². The fraction of sp³-hybridized carbons (Fsp3) is 0.222. The van der Waals surface area contributed by atoms with E-state index in [9.17, 15) is 4.79 Å². The summed E-state index contributed by atoms with van der Waals surface area (Å²) in [5, 5.41) is 6.07. The summed E-state index contributed by atoms with van der Waals surface area (Å²) in [6.07, 6.45) is 9.43. The lowest BCUT2D eigenvalue weighted by molar-refractivity contribution is 0.0953. The molecule has 0 aliphatic rings. The second kappa shape index (κ2) is 8.05. The smallest absolute Gasteiger partial charge is 0.251 e. The molecule has 25 heavy (non-hydrogen) atoms. The molecule has 7 nitrogen and oxygen atoms in total. The molecule has 0 saturated heterocycles. The van der Waals surface area contributed by atoms with Gasteiger partial charge in [-0.15, -0.1) is 0 Å². The summed E-state index contributed by atoms with van der Waals surface area (Å²) in [6.45, 7) is 3.41. The number of benzene rings is 1. The van der Waals surface area contributed by atoms with E-state index in [1.165, 1.54) is 0 Å². The number of nitrogens with one attached hydrogen (secondary N) is 2. The van der Waals surface area contributed by atoms with E-state index in [1.807, 2.05) is 25.3 Å². The zero-order valence-corrected chi connectivity index (χ0v) is 14.0. The molecule has 2 aromatic heterocycles. The Morgan fingerprint density at radius 3 is 2.88 bits per heavy atom. The highest BCUT2D eigenvalue weighted by Crippen LogP contribution is 2.15. The second-order valence-electron chi connectivity index (χ2n) is 5.57. The Morgan fingerprint density at radius 2 is 2.12 bits per heavy atom. The molecule has 2 N–H and O–H groups in total. The highest BCUT2D eigenvalue weighted by Gasteiger charge is 2.06. The molecular formula is C18H20N6O. The summed E-state index contributed by atoms with van der Waals surface area (Å²) in [7, 11) is 0. The van der Waals surface area contributed by atoms with Gasteiger partial charge in [0.2, 0.25) is 0 Å². The maximum absolute atomic E-state index is 12.3. The number of carbonyl (C=O) groups excluding carboxylic acids is 1. The van der Waals surface area contributed by atoms with Crippen molar-refractivity contribution in [3.05, 3.63) is 66.6 Å². The van der Waals surface area contributed by atoms with Crippen molar-refractivity contribution in [1.29, 1.82) is 0 Å². The zero-order chi connectivity index (χ0) is 17.5. The van der Waals surface area contributed by atoms with Crippen LogP contribution in [0.15, 0.2) is 55.2 Å². The van der Waals surface area contributed by atoms with Crippen molar-refractivity contribution in [3.63, 3.8) is 0 Å². The number of rotatable bonds is 7. The average Bonchev–Trinajstić information content (AvgIpc) is 3.04. The van der Waals surface area contributed by atoms with Crippen molar-refractivity contribution < 1.29 is 4.79 Å². The first kappa shape index (κ1) is 16.6. The lowest BCUT2D eigenvalue weighted by atomic mass is 10.2. The van der Waals surface area contributed by atoms with Gasteiger partial charge in [-0.05, 0) is 31.5 Å². The minimum Gasteiger partial charge on any atom is -0.352 e. The van der Waals surface area contributed by atoms with Crippen LogP contribution in [0.2, 0.25) is 0 Å². The number of aryl methyl sites for hydroxylation is 2. The van der Waals surface area contributed by atoms with Gasteiger partial charge in [-0.1, -0.05) is 6.07 Å². The Morgan fingerprint density at radius 1 is 1.20 bits per heavy atom. The molecule has 3 rings (SSSR count). The highest BCUT2D eigenvalue weighted by molar-refractivity contribution is 5.95. The Labute approximate surface area is 146 Å². The SMILES string of the molecule is Cc1nccn1CCCNC(=O)c1cccc(Nc2cnccn2)c1. The van der Waals surface area contributed by atoms with Gasteiger partial charge in [0.1, 0.15) is 11.6 Å². The summed E-state index contributed by atoms with van der Waals surface area (Å²) < 4.78 is 2.07. The second-order valence-corrected chi connectivity index (χ2v) is 5.57. The third kappa shape index (κ3) is 4.63. The van der Waals surface area contributed by atoms with Gasteiger partial charge >= 0.3 is 0 Å². The minimum absolute atomic E-state index is 0.0925. The molecule has 0 bridgehead atoms. The van der Waals surface area contributed by atoms with Crippen molar-refractivity contribution in [2.75, 3.05) is 11.9 Å². The van der Waals surface area contributed by atoms with Gasteiger partial charge < -0.3 is 15.2 Å². The van der Waals surface area contributed by atoms with Crippen LogP contribution in [0.1, 0.15) is 22.6 Å². The predicted molar refractivity (Wildman–Crippen MR) is 95.7 cm³/mol. The number of nitrogens with zero attached hydrogens (tertiary/aromatic N) is 4. The number of hydrogen-bond donors (Lipinski definition) is 2. The molecular weight excluding hydrogens is 316 g/mol. The van der Waals surface area contributed by atoms with E-state index in [4.69, 9.17) is 0 Å². The topological polar surface area (TPSA) is 84.7 Å². The molecule has 2 heterocycles. The maximum Gasteiger partial charge on any atom is 0.251 e. The zero-order valence-electron chi connectivity index (χ0n) is 14.0. The number of imidazole rings is 1. The van der Waals surface area contributed by atoms with Crippen molar-refractivity contribution in [2.45, 2.75) is 19.9 Å². The Balaban J connectivity index is 1.52. The number of anilines is 2. The molecule has 0 unspecified atom stereocenters. The lowest BCUT2D eigenvalue weighted by Gasteiger charge is -2.09. The van der Waals surface area contributed by atoms with Crippen LogP contribution in [0.3, 0.4) is 0 Å². The molecule has 0 fully saturated rings. The summed E-state index contributed by atoms with van der Waals surface area (Å²) in [5.41, 5.74) is 1.40. The van der Waals surface area contributed by atoms with Crippen LogP contribution >= 0.6 is 0 Å². The van der Waals surface area contributed by atoms with E-state index in [-0.39, 0.29) is 5.91 Å². The summed E-state index contributed by atoms with van der Waals surface area (Å²) in [6, 6.07) is 7.30. The van der Waals surface area contributed by atoms with Crippen LogP contribution < -0.4 is 10.6 Å². The van der Waals surface area contributed by atoms with E-state index >= 15 is 0 Å². The minimum atomic E-state index is -0.0925. The third-order valence-electron chi connectivity index (χ3n) is 3.75. The monoisotopic (exact) mass is 336 g/mol. The lowest BCUT2D eigenvalue weighted by Crippen LogP contribution is -2.25. The van der Waals surface area contributed by atoms with Crippen molar-refractivity contribution in [2.24, 2.45) is 0 Å².